The normalized spacial score (nSPS) is 9.18. The molecule has 0 spiro atoms. The smallest absolute Gasteiger partial charge is 0.308 e. The second-order valence-corrected chi connectivity index (χ2v) is 3.95. The molecule has 0 radical (unpaired) electrons. The zero-order valence-corrected chi connectivity index (χ0v) is 10.0. The first-order valence-electron chi connectivity index (χ1n) is 4.77. The van der Waals surface area contributed by atoms with E-state index in [0.29, 0.717) is 5.69 Å². The van der Waals surface area contributed by atoms with Crippen LogP contribution in [0.4, 0.5) is 10.5 Å². The van der Waals surface area contributed by atoms with Crippen LogP contribution in [0, 0.1) is 11.3 Å². The van der Waals surface area contributed by atoms with E-state index >= 15 is 0 Å². The molecule has 1 aromatic carbocycles. The third-order valence-electron chi connectivity index (χ3n) is 1.82. The average molecular weight is 249 g/mol. The van der Waals surface area contributed by atoms with Gasteiger partial charge in [0.25, 0.3) is 0 Å². The first kappa shape index (κ1) is 13.1. The van der Waals surface area contributed by atoms with E-state index in [0.717, 1.165) is 4.90 Å². The maximum Gasteiger partial charge on any atom is 0.325 e. The van der Waals surface area contributed by atoms with Crippen molar-refractivity contribution in [1.29, 1.82) is 5.26 Å². The van der Waals surface area contributed by atoms with Crippen LogP contribution in [0.5, 0.6) is 0 Å². The van der Waals surface area contributed by atoms with Crippen LogP contribution in [-0.4, -0.2) is 18.2 Å². The number of amides is 3. The maximum atomic E-state index is 11.3. The van der Waals surface area contributed by atoms with Crippen LogP contribution in [0.25, 0.3) is 0 Å². The third kappa shape index (κ3) is 4.57. The molecule has 0 fully saturated rings. The summed E-state index contributed by atoms with van der Waals surface area (Å²) in [5.41, 5.74) is 0.596. The topological polar surface area (TPSA) is 82.0 Å². The van der Waals surface area contributed by atoms with Gasteiger partial charge in [-0.3, -0.25) is 10.1 Å². The molecule has 0 aliphatic heterocycles. The molecule has 0 saturated heterocycles. The molecule has 1 rings (SSSR count). The molecule has 0 aliphatic carbocycles. The largest absolute Gasteiger partial charge is 0.325 e. The van der Waals surface area contributed by atoms with Crippen LogP contribution in [0.1, 0.15) is 6.42 Å². The van der Waals surface area contributed by atoms with E-state index in [1.54, 1.807) is 36.0 Å². The highest BCUT2D eigenvalue weighted by Crippen LogP contribution is 2.18. The number of rotatable bonds is 3. The first-order valence-corrected chi connectivity index (χ1v) is 6.00. The lowest BCUT2D eigenvalue weighted by Crippen LogP contribution is -2.33. The number of hydrogen-bond acceptors (Lipinski definition) is 4. The summed E-state index contributed by atoms with van der Waals surface area (Å²) in [6.45, 7) is 0. The van der Waals surface area contributed by atoms with Gasteiger partial charge in [0, 0.05) is 10.6 Å². The van der Waals surface area contributed by atoms with Gasteiger partial charge in [-0.05, 0) is 24.5 Å². The summed E-state index contributed by atoms with van der Waals surface area (Å²) in [5.74, 6) is -0.619. The van der Waals surface area contributed by atoms with Crippen LogP contribution in [0.3, 0.4) is 0 Å². The number of imide groups is 1. The fourth-order valence-electron chi connectivity index (χ4n) is 1.11. The Balaban J connectivity index is 2.56. The summed E-state index contributed by atoms with van der Waals surface area (Å²) in [4.78, 5) is 23.3. The number of carbonyl (C=O) groups excluding carboxylic acids is 2. The van der Waals surface area contributed by atoms with E-state index in [9.17, 15) is 9.59 Å². The van der Waals surface area contributed by atoms with Crippen molar-refractivity contribution in [3.63, 3.8) is 0 Å². The number of benzene rings is 1. The lowest BCUT2D eigenvalue weighted by atomic mass is 10.3. The Morgan fingerprint density at radius 2 is 2.24 bits per heavy atom. The molecule has 17 heavy (non-hydrogen) atoms. The Morgan fingerprint density at radius 3 is 2.88 bits per heavy atom. The number of nitriles is 1. The van der Waals surface area contributed by atoms with Crippen molar-refractivity contribution in [3.8, 4) is 6.07 Å². The summed E-state index contributed by atoms with van der Waals surface area (Å²) in [5, 5.41) is 12.8. The lowest BCUT2D eigenvalue weighted by molar-refractivity contribution is -0.118. The van der Waals surface area contributed by atoms with Crippen molar-refractivity contribution < 1.29 is 9.59 Å². The number of anilines is 1. The minimum Gasteiger partial charge on any atom is -0.308 e. The molecular formula is C11H11N3O2S. The molecule has 0 heterocycles. The Kier molecular flexibility index (Phi) is 5.04. The van der Waals surface area contributed by atoms with E-state index in [4.69, 9.17) is 5.26 Å². The van der Waals surface area contributed by atoms with Gasteiger partial charge >= 0.3 is 6.03 Å². The summed E-state index contributed by atoms with van der Waals surface area (Å²) in [6.07, 6.45) is 1.59. The van der Waals surface area contributed by atoms with E-state index < -0.39 is 11.9 Å². The van der Waals surface area contributed by atoms with Crippen LogP contribution >= 0.6 is 11.8 Å². The van der Waals surface area contributed by atoms with Crippen LogP contribution in [0.15, 0.2) is 29.2 Å². The lowest BCUT2D eigenvalue weighted by Gasteiger charge is -2.06. The Morgan fingerprint density at radius 1 is 1.47 bits per heavy atom. The molecule has 0 bridgehead atoms. The van der Waals surface area contributed by atoms with Crippen LogP contribution < -0.4 is 10.6 Å². The number of urea groups is 1. The summed E-state index contributed by atoms with van der Waals surface area (Å²) >= 11 is 1.55. The summed E-state index contributed by atoms with van der Waals surface area (Å²) in [6, 6.07) is 8.25. The quantitative estimate of drug-likeness (QED) is 0.802. The van der Waals surface area contributed by atoms with Crippen LogP contribution in [-0.2, 0) is 4.79 Å². The van der Waals surface area contributed by atoms with Crippen LogP contribution in [0.2, 0.25) is 0 Å². The zero-order chi connectivity index (χ0) is 12.7. The van der Waals surface area contributed by atoms with Crippen molar-refractivity contribution in [3.05, 3.63) is 24.3 Å². The van der Waals surface area contributed by atoms with Gasteiger partial charge in [0.05, 0.1) is 6.07 Å². The highest BCUT2D eigenvalue weighted by molar-refractivity contribution is 7.98. The van der Waals surface area contributed by atoms with Gasteiger partial charge < -0.3 is 5.32 Å². The molecule has 6 heteroatoms. The Hall–Kier alpha value is -2.00. The number of thioether (sulfide) groups is 1. The van der Waals surface area contributed by atoms with E-state index in [2.05, 4.69) is 5.32 Å². The minimum atomic E-state index is -0.636. The first-order chi connectivity index (χ1) is 8.15. The summed E-state index contributed by atoms with van der Waals surface area (Å²) < 4.78 is 0. The number of hydrogen-bond donors (Lipinski definition) is 2. The fourth-order valence-corrected chi connectivity index (χ4v) is 1.57. The van der Waals surface area contributed by atoms with Gasteiger partial charge in [0.2, 0.25) is 5.91 Å². The highest BCUT2D eigenvalue weighted by Gasteiger charge is 2.07. The molecule has 3 amide bonds. The number of carbonyl (C=O) groups is 2. The zero-order valence-electron chi connectivity index (χ0n) is 9.19. The van der Waals surface area contributed by atoms with E-state index in [1.807, 2.05) is 17.6 Å². The molecule has 88 valence electrons. The molecule has 0 aromatic heterocycles. The predicted octanol–water partition coefficient (Wildman–Crippen LogP) is 1.97. The van der Waals surface area contributed by atoms with Gasteiger partial charge in [-0.15, -0.1) is 11.8 Å². The molecular weight excluding hydrogens is 238 g/mol. The van der Waals surface area contributed by atoms with Crippen molar-refractivity contribution in [2.45, 2.75) is 11.3 Å². The molecule has 0 aliphatic rings. The molecule has 2 N–H and O–H groups in total. The fraction of sp³-hybridized carbons (Fsp3) is 0.182. The van der Waals surface area contributed by atoms with Crippen molar-refractivity contribution in [1.82, 2.24) is 5.32 Å². The third-order valence-corrected chi connectivity index (χ3v) is 2.55. The maximum absolute atomic E-state index is 11.3. The molecule has 0 atom stereocenters. The SMILES string of the molecule is CSc1cccc(NC(=O)NC(=O)CC#N)c1. The van der Waals surface area contributed by atoms with Gasteiger partial charge in [-0.25, -0.2) is 4.79 Å². The molecule has 0 saturated carbocycles. The monoisotopic (exact) mass is 249 g/mol. The van der Waals surface area contributed by atoms with Gasteiger partial charge in [0.15, 0.2) is 0 Å². The molecule has 0 unspecified atom stereocenters. The standard InChI is InChI=1S/C11H11N3O2S/c1-17-9-4-2-3-8(7-9)13-11(16)14-10(15)5-6-12/h2-4,7H,5H2,1H3,(H2,13,14,15,16). The minimum absolute atomic E-state index is 0.335. The number of nitrogens with zero attached hydrogens (tertiary/aromatic N) is 1. The van der Waals surface area contributed by atoms with E-state index in [1.165, 1.54) is 0 Å². The second-order valence-electron chi connectivity index (χ2n) is 3.07. The Bertz CT molecular complexity index is 468. The number of nitrogens with one attached hydrogen (secondary N) is 2. The highest BCUT2D eigenvalue weighted by atomic mass is 32.2. The van der Waals surface area contributed by atoms with Gasteiger partial charge in [0.1, 0.15) is 6.42 Å². The summed E-state index contributed by atoms with van der Waals surface area (Å²) in [7, 11) is 0. The molecule has 1 aromatic rings. The molecule has 5 nitrogen and oxygen atoms in total. The van der Waals surface area contributed by atoms with Crippen molar-refractivity contribution in [2.75, 3.05) is 11.6 Å². The predicted molar refractivity (Wildman–Crippen MR) is 65.6 cm³/mol. The average Bonchev–Trinajstić information content (AvgIpc) is 2.29. The van der Waals surface area contributed by atoms with Gasteiger partial charge in [-0.1, -0.05) is 6.07 Å². The second kappa shape index (κ2) is 6.55. The van der Waals surface area contributed by atoms with Gasteiger partial charge in [-0.2, -0.15) is 5.26 Å². The Labute approximate surface area is 103 Å². The van der Waals surface area contributed by atoms with Crippen molar-refractivity contribution in [2.24, 2.45) is 0 Å². The van der Waals surface area contributed by atoms with E-state index in [-0.39, 0.29) is 6.42 Å². The van der Waals surface area contributed by atoms with Crippen molar-refractivity contribution >= 4 is 29.4 Å².